The van der Waals surface area contributed by atoms with E-state index >= 15 is 0 Å². The number of hydrogen-bond acceptors (Lipinski definition) is 1. The van der Waals surface area contributed by atoms with E-state index in [-0.39, 0.29) is 0 Å². The van der Waals surface area contributed by atoms with Crippen LogP contribution in [0.15, 0.2) is 29.3 Å². The fourth-order valence-corrected chi connectivity index (χ4v) is 4.65. The summed E-state index contributed by atoms with van der Waals surface area (Å²) in [6, 6.07) is 8.84. The summed E-state index contributed by atoms with van der Waals surface area (Å²) in [4.78, 5) is 5.04. The number of hydrogen-bond donors (Lipinski definition) is 0. The molecule has 1 heterocycles. The molecule has 0 amide bonds. The SMILES string of the molecule is c1ccc2c(c1)CC1(CCCC1)C1CCCC1=N2. The van der Waals surface area contributed by atoms with Crippen molar-refractivity contribution in [3.05, 3.63) is 29.8 Å². The topological polar surface area (TPSA) is 12.4 Å². The summed E-state index contributed by atoms with van der Waals surface area (Å²) in [5, 5.41) is 0. The third-order valence-corrected chi connectivity index (χ3v) is 5.46. The van der Waals surface area contributed by atoms with Gasteiger partial charge in [-0.3, -0.25) is 4.99 Å². The normalized spacial score (nSPS) is 28.7. The molecule has 0 radical (unpaired) electrons. The Hall–Kier alpha value is -1.11. The van der Waals surface area contributed by atoms with E-state index in [0.29, 0.717) is 5.41 Å². The smallest absolute Gasteiger partial charge is 0.0661 e. The number of para-hydroxylation sites is 1. The second-order valence-electron chi connectivity index (χ2n) is 6.42. The average Bonchev–Trinajstić information content (AvgIpc) is 2.99. The zero-order valence-corrected chi connectivity index (χ0v) is 11.0. The van der Waals surface area contributed by atoms with E-state index in [1.807, 2.05) is 0 Å². The van der Waals surface area contributed by atoms with E-state index < -0.39 is 0 Å². The largest absolute Gasteiger partial charge is 0.257 e. The van der Waals surface area contributed by atoms with Crippen LogP contribution in [-0.4, -0.2) is 5.71 Å². The summed E-state index contributed by atoms with van der Waals surface area (Å²) in [6.07, 6.45) is 11.0. The van der Waals surface area contributed by atoms with Gasteiger partial charge in [0.05, 0.1) is 5.69 Å². The summed E-state index contributed by atoms with van der Waals surface area (Å²) >= 11 is 0. The fraction of sp³-hybridized carbons (Fsp3) is 0.588. The Morgan fingerprint density at radius 2 is 1.89 bits per heavy atom. The van der Waals surface area contributed by atoms with Crippen LogP contribution < -0.4 is 0 Å². The van der Waals surface area contributed by atoms with E-state index in [0.717, 1.165) is 5.92 Å². The van der Waals surface area contributed by atoms with Crippen LogP contribution in [0.25, 0.3) is 0 Å². The number of fused-ring (bicyclic) bond motifs is 3. The first kappa shape index (κ1) is 10.8. The Balaban J connectivity index is 1.86. The van der Waals surface area contributed by atoms with E-state index in [2.05, 4.69) is 24.3 Å². The van der Waals surface area contributed by atoms with Gasteiger partial charge in [0.25, 0.3) is 0 Å². The quantitative estimate of drug-likeness (QED) is 0.623. The van der Waals surface area contributed by atoms with E-state index in [4.69, 9.17) is 4.99 Å². The Labute approximate surface area is 109 Å². The monoisotopic (exact) mass is 239 g/mol. The first-order valence-corrected chi connectivity index (χ1v) is 7.53. The average molecular weight is 239 g/mol. The lowest BCUT2D eigenvalue weighted by Crippen LogP contribution is -2.31. The molecule has 94 valence electrons. The first-order valence-electron chi connectivity index (χ1n) is 7.53. The van der Waals surface area contributed by atoms with Crippen molar-refractivity contribution in [2.75, 3.05) is 0 Å². The van der Waals surface area contributed by atoms with Gasteiger partial charge in [0.1, 0.15) is 0 Å². The molecule has 3 aliphatic rings. The molecular formula is C17H21N. The van der Waals surface area contributed by atoms with Crippen molar-refractivity contribution in [2.24, 2.45) is 16.3 Å². The van der Waals surface area contributed by atoms with Crippen molar-refractivity contribution in [3.63, 3.8) is 0 Å². The van der Waals surface area contributed by atoms with Gasteiger partial charge in [0.2, 0.25) is 0 Å². The molecule has 1 aliphatic heterocycles. The summed E-state index contributed by atoms with van der Waals surface area (Å²) in [7, 11) is 0. The molecule has 0 saturated heterocycles. The molecule has 1 spiro atoms. The summed E-state index contributed by atoms with van der Waals surface area (Å²) in [5.74, 6) is 0.799. The molecule has 0 N–H and O–H groups in total. The zero-order valence-electron chi connectivity index (χ0n) is 11.0. The van der Waals surface area contributed by atoms with Gasteiger partial charge in [0.15, 0.2) is 0 Å². The van der Waals surface area contributed by atoms with Gasteiger partial charge in [-0.25, -0.2) is 0 Å². The maximum absolute atomic E-state index is 5.04. The van der Waals surface area contributed by atoms with Crippen LogP contribution in [0.2, 0.25) is 0 Å². The zero-order chi connectivity index (χ0) is 12.0. The lowest BCUT2D eigenvalue weighted by molar-refractivity contribution is 0.219. The van der Waals surface area contributed by atoms with Crippen molar-refractivity contribution < 1.29 is 0 Å². The minimum Gasteiger partial charge on any atom is -0.257 e. The molecule has 1 aromatic carbocycles. The second-order valence-corrected chi connectivity index (χ2v) is 6.42. The third-order valence-electron chi connectivity index (χ3n) is 5.46. The van der Waals surface area contributed by atoms with Crippen molar-refractivity contribution >= 4 is 11.4 Å². The van der Waals surface area contributed by atoms with Crippen molar-refractivity contribution in [1.82, 2.24) is 0 Å². The Morgan fingerprint density at radius 1 is 1.06 bits per heavy atom. The standard InChI is InChI=1S/C17H21N/c1-2-8-15-13(6-1)12-17(10-3-4-11-17)14-7-5-9-16(14)18-15/h1-2,6,8,14H,3-5,7,9-12H2. The molecular weight excluding hydrogens is 218 g/mol. The van der Waals surface area contributed by atoms with Crippen LogP contribution in [0.3, 0.4) is 0 Å². The molecule has 0 bridgehead atoms. The highest BCUT2D eigenvalue weighted by Crippen LogP contribution is 2.54. The maximum Gasteiger partial charge on any atom is 0.0661 e. The van der Waals surface area contributed by atoms with Crippen molar-refractivity contribution in [1.29, 1.82) is 0 Å². The molecule has 1 heteroatoms. The van der Waals surface area contributed by atoms with Gasteiger partial charge in [-0.15, -0.1) is 0 Å². The first-order chi connectivity index (χ1) is 8.87. The van der Waals surface area contributed by atoms with Gasteiger partial charge in [0, 0.05) is 11.6 Å². The second kappa shape index (κ2) is 3.94. The molecule has 1 atom stereocenters. The summed E-state index contributed by atoms with van der Waals surface area (Å²) in [5.41, 5.74) is 4.87. The Kier molecular flexibility index (Phi) is 2.36. The van der Waals surface area contributed by atoms with E-state index in [1.165, 1.54) is 68.3 Å². The van der Waals surface area contributed by atoms with Crippen LogP contribution >= 0.6 is 0 Å². The minimum atomic E-state index is 0.571. The molecule has 1 aromatic rings. The van der Waals surface area contributed by atoms with Gasteiger partial charge in [-0.05, 0) is 55.6 Å². The number of aliphatic imine (C=N–C) groups is 1. The van der Waals surface area contributed by atoms with Crippen LogP contribution in [0.1, 0.15) is 50.5 Å². The van der Waals surface area contributed by atoms with Gasteiger partial charge < -0.3 is 0 Å². The number of nitrogens with zero attached hydrogens (tertiary/aromatic N) is 1. The number of benzene rings is 1. The maximum atomic E-state index is 5.04. The van der Waals surface area contributed by atoms with E-state index in [9.17, 15) is 0 Å². The Morgan fingerprint density at radius 3 is 2.78 bits per heavy atom. The lowest BCUT2D eigenvalue weighted by atomic mass is 9.69. The van der Waals surface area contributed by atoms with Crippen molar-refractivity contribution in [3.8, 4) is 0 Å². The summed E-state index contributed by atoms with van der Waals surface area (Å²) in [6.45, 7) is 0. The van der Waals surface area contributed by atoms with Gasteiger partial charge in [-0.2, -0.15) is 0 Å². The van der Waals surface area contributed by atoms with Crippen LogP contribution in [0, 0.1) is 11.3 Å². The molecule has 0 aromatic heterocycles. The van der Waals surface area contributed by atoms with Crippen LogP contribution in [-0.2, 0) is 6.42 Å². The molecule has 1 nitrogen and oxygen atoms in total. The van der Waals surface area contributed by atoms with Gasteiger partial charge in [-0.1, -0.05) is 31.0 Å². The predicted molar refractivity (Wildman–Crippen MR) is 75.5 cm³/mol. The molecule has 2 aliphatic carbocycles. The Bertz CT molecular complexity index is 494. The van der Waals surface area contributed by atoms with Crippen LogP contribution in [0.5, 0.6) is 0 Å². The minimum absolute atomic E-state index is 0.571. The van der Waals surface area contributed by atoms with Crippen molar-refractivity contribution in [2.45, 2.75) is 51.4 Å². The van der Waals surface area contributed by atoms with E-state index in [1.54, 1.807) is 0 Å². The predicted octanol–water partition coefficient (Wildman–Crippen LogP) is 4.68. The van der Waals surface area contributed by atoms with Crippen LogP contribution in [0.4, 0.5) is 5.69 Å². The lowest BCUT2D eigenvalue weighted by Gasteiger charge is -2.34. The van der Waals surface area contributed by atoms with Gasteiger partial charge >= 0.3 is 0 Å². The highest BCUT2D eigenvalue weighted by Gasteiger charge is 2.46. The number of rotatable bonds is 0. The highest BCUT2D eigenvalue weighted by atomic mass is 14.8. The molecule has 2 fully saturated rings. The third kappa shape index (κ3) is 1.49. The summed E-state index contributed by atoms with van der Waals surface area (Å²) < 4.78 is 0. The fourth-order valence-electron chi connectivity index (χ4n) is 4.65. The molecule has 18 heavy (non-hydrogen) atoms. The molecule has 1 unspecified atom stereocenters. The molecule has 2 saturated carbocycles. The molecule has 4 rings (SSSR count). The highest BCUT2D eigenvalue weighted by molar-refractivity contribution is 5.92.